The van der Waals surface area contributed by atoms with Gasteiger partial charge in [0.05, 0.1) is 6.26 Å². The van der Waals surface area contributed by atoms with E-state index in [0.717, 1.165) is 11.1 Å². The van der Waals surface area contributed by atoms with Crippen LogP contribution in [0.2, 0.25) is 0 Å². The minimum atomic E-state index is -0.164. The fourth-order valence-corrected chi connectivity index (χ4v) is 1.71. The summed E-state index contributed by atoms with van der Waals surface area (Å²) in [6.45, 7) is 0.934. The normalized spacial score (nSPS) is 10.8. The Labute approximate surface area is 111 Å². The van der Waals surface area contributed by atoms with Crippen LogP contribution in [0, 0.1) is 0 Å². The van der Waals surface area contributed by atoms with Crippen LogP contribution in [0.3, 0.4) is 0 Å². The number of benzene rings is 1. The standard InChI is InChI=1S/C15H16N2O2/c16-10-12-4-1-2-5-13(12)11-17-15(18)8-7-14-6-3-9-19-14/h1-9H,10-11,16H2,(H,17,18). The molecule has 1 heterocycles. The molecule has 0 radical (unpaired) electrons. The first-order valence-electron chi connectivity index (χ1n) is 6.06. The second-order valence-electron chi connectivity index (χ2n) is 4.04. The molecule has 1 aromatic carbocycles. The van der Waals surface area contributed by atoms with E-state index in [-0.39, 0.29) is 5.91 Å². The summed E-state index contributed by atoms with van der Waals surface area (Å²) in [5.41, 5.74) is 7.71. The molecule has 4 nitrogen and oxygen atoms in total. The molecule has 0 aliphatic rings. The zero-order valence-electron chi connectivity index (χ0n) is 10.5. The number of rotatable bonds is 5. The van der Waals surface area contributed by atoms with Crippen molar-refractivity contribution in [2.24, 2.45) is 5.73 Å². The summed E-state index contributed by atoms with van der Waals surface area (Å²) in [7, 11) is 0. The molecule has 0 saturated heterocycles. The van der Waals surface area contributed by atoms with Crippen molar-refractivity contribution < 1.29 is 9.21 Å². The van der Waals surface area contributed by atoms with Gasteiger partial charge in [-0.2, -0.15) is 0 Å². The van der Waals surface area contributed by atoms with Gasteiger partial charge in [0.25, 0.3) is 0 Å². The molecule has 1 aromatic heterocycles. The second kappa shape index (κ2) is 6.56. The lowest BCUT2D eigenvalue weighted by Crippen LogP contribution is -2.21. The Morgan fingerprint density at radius 2 is 2.00 bits per heavy atom. The highest BCUT2D eigenvalue weighted by molar-refractivity contribution is 5.91. The summed E-state index contributed by atoms with van der Waals surface area (Å²) in [6.07, 6.45) is 4.64. The van der Waals surface area contributed by atoms with Crippen LogP contribution < -0.4 is 11.1 Å². The summed E-state index contributed by atoms with van der Waals surface area (Å²) in [5.74, 6) is 0.487. The number of carbonyl (C=O) groups excluding carboxylic acids is 1. The molecular formula is C15H16N2O2. The van der Waals surface area contributed by atoms with Crippen LogP contribution in [-0.2, 0) is 17.9 Å². The van der Waals surface area contributed by atoms with E-state index in [1.165, 1.54) is 6.08 Å². The largest absolute Gasteiger partial charge is 0.465 e. The van der Waals surface area contributed by atoms with E-state index in [1.54, 1.807) is 24.5 Å². The second-order valence-corrected chi connectivity index (χ2v) is 4.04. The molecule has 98 valence electrons. The molecule has 3 N–H and O–H groups in total. The van der Waals surface area contributed by atoms with Gasteiger partial charge in [-0.3, -0.25) is 4.79 Å². The maximum Gasteiger partial charge on any atom is 0.244 e. The van der Waals surface area contributed by atoms with Crippen molar-refractivity contribution in [3.05, 3.63) is 65.6 Å². The fourth-order valence-electron chi connectivity index (χ4n) is 1.71. The van der Waals surface area contributed by atoms with E-state index in [0.29, 0.717) is 18.8 Å². The van der Waals surface area contributed by atoms with Crippen molar-refractivity contribution in [1.82, 2.24) is 5.32 Å². The first-order chi connectivity index (χ1) is 9.29. The molecule has 0 aliphatic heterocycles. The molecule has 4 heteroatoms. The number of nitrogens with one attached hydrogen (secondary N) is 1. The predicted octanol–water partition coefficient (Wildman–Crippen LogP) is 2.07. The smallest absolute Gasteiger partial charge is 0.244 e. The molecule has 0 fully saturated rings. The van der Waals surface area contributed by atoms with Gasteiger partial charge < -0.3 is 15.5 Å². The average Bonchev–Trinajstić information content (AvgIpc) is 2.96. The highest BCUT2D eigenvalue weighted by atomic mass is 16.3. The first-order valence-corrected chi connectivity index (χ1v) is 6.06. The number of carbonyl (C=O) groups is 1. The van der Waals surface area contributed by atoms with E-state index in [9.17, 15) is 4.79 Å². The quantitative estimate of drug-likeness (QED) is 0.805. The van der Waals surface area contributed by atoms with Gasteiger partial charge in [0, 0.05) is 19.2 Å². The van der Waals surface area contributed by atoms with Crippen molar-refractivity contribution in [1.29, 1.82) is 0 Å². The van der Waals surface area contributed by atoms with Gasteiger partial charge in [-0.25, -0.2) is 0 Å². The fraction of sp³-hybridized carbons (Fsp3) is 0.133. The SMILES string of the molecule is NCc1ccccc1CNC(=O)C=Cc1ccco1. The average molecular weight is 256 g/mol. The molecule has 0 unspecified atom stereocenters. The topological polar surface area (TPSA) is 68.3 Å². The molecule has 1 amide bonds. The van der Waals surface area contributed by atoms with Crippen LogP contribution in [0.5, 0.6) is 0 Å². The Hall–Kier alpha value is -2.33. The van der Waals surface area contributed by atoms with Crippen LogP contribution in [0.1, 0.15) is 16.9 Å². The van der Waals surface area contributed by atoms with Crippen LogP contribution in [-0.4, -0.2) is 5.91 Å². The number of nitrogens with two attached hydrogens (primary N) is 1. The van der Waals surface area contributed by atoms with Crippen molar-refractivity contribution in [2.45, 2.75) is 13.1 Å². The monoisotopic (exact) mass is 256 g/mol. The summed E-state index contributed by atoms with van der Waals surface area (Å²) >= 11 is 0. The summed E-state index contributed by atoms with van der Waals surface area (Å²) in [6, 6.07) is 11.3. The summed E-state index contributed by atoms with van der Waals surface area (Å²) < 4.78 is 5.10. The zero-order valence-corrected chi connectivity index (χ0v) is 10.5. The molecule has 19 heavy (non-hydrogen) atoms. The molecule has 0 atom stereocenters. The third-order valence-corrected chi connectivity index (χ3v) is 2.73. The van der Waals surface area contributed by atoms with Crippen LogP contribution in [0.15, 0.2) is 53.2 Å². The van der Waals surface area contributed by atoms with E-state index in [1.807, 2.05) is 24.3 Å². The van der Waals surface area contributed by atoms with Gasteiger partial charge in [0.2, 0.25) is 5.91 Å². The van der Waals surface area contributed by atoms with E-state index in [4.69, 9.17) is 10.2 Å². The van der Waals surface area contributed by atoms with Crippen LogP contribution in [0.25, 0.3) is 6.08 Å². The highest BCUT2D eigenvalue weighted by Crippen LogP contribution is 2.07. The molecule has 0 bridgehead atoms. The molecule has 2 aromatic rings. The lowest BCUT2D eigenvalue weighted by molar-refractivity contribution is -0.116. The first kappa shape index (κ1) is 13.1. The Balaban J connectivity index is 1.90. The lowest BCUT2D eigenvalue weighted by atomic mass is 10.1. The van der Waals surface area contributed by atoms with Gasteiger partial charge >= 0.3 is 0 Å². The van der Waals surface area contributed by atoms with Gasteiger partial charge in [0.1, 0.15) is 5.76 Å². The molecule has 0 saturated carbocycles. The molecule has 0 aliphatic carbocycles. The summed E-state index contributed by atoms with van der Waals surface area (Å²) in [5, 5.41) is 2.81. The molecule has 0 spiro atoms. The third-order valence-electron chi connectivity index (χ3n) is 2.73. The van der Waals surface area contributed by atoms with Gasteiger partial charge in [-0.1, -0.05) is 24.3 Å². The minimum Gasteiger partial charge on any atom is -0.465 e. The van der Waals surface area contributed by atoms with E-state index >= 15 is 0 Å². The van der Waals surface area contributed by atoms with Crippen LogP contribution in [0.4, 0.5) is 0 Å². The van der Waals surface area contributed by atoms with Crippen LogP contribution >= 0.6 is 0 Å². The molecular weight excluding hydrogens is 240 g/mol. The third kappa shape index (κ3) is 3.82. The Morgan fingerprint density at radius 3 is 2.68 bits per heavy atom. The van der Waals surface area contributed by atoms with Gasteiger partial charge in [-0.15, -0.1) is 0 Å². The van der Waals surface area contributed by atoms with Gasteiger partial charge in [-0.05, 0) is 29.3 Å². The van der Waals surface area contributed by atoms with Crippen molar-refractivity contribution in [2.75, 3.05) is 0 Å². The Morgan fingerprint density at radius 1 is 1.21 bits per heavy atom. The summed E-state index contributed by atoms with van der Waals surface area (Å²) in [4.78, 5) is 11.6. The predicted molar refractivity (Wildman–Crippen MR) is 73.9 cm³/mol. The Bertz CT molecular complexity index is 559. The number of amides is 1. The van der Waals surface area contributed by atoms with Crippen molar-refractivity contribution in [3.8, 4) is 0 Å². The maximum atomic E-state index is 11.6. The number of hydrogen-bond donors (Lipinski definition) is 2. The number of hydrogen-bond acceptors (Lipinski definition) is 3. The zero-order chi connectivity index (χ0) is 13.5. The number of furan rings is 1. The highest BCUT2D eigenvalue weighted by Gasteiger charge is 2.01. The van der Waals surface area contributed by atoms with E-state index < -0.39 is 0 Å². The molecule has 2 rings (SSSR count). The van der Waals surface area contributed by atoms with Gasteiger partial charge in [0.15, 0.2) is 0 Å². The Kier molecular flexibility index (Phi) is 4.53. The maximum absolute atomic E-state index is 11.6. The van der Waals surface area contributed by atoms with E-state index in [2.05, 4.69) is 5.32 Å². The van der Waals surface area contributed by atoms with Crippen molar-refractivity contribution >= 4 is 12.0 Å². The lowest BCUT2D eigenvalue weighted by Gasteiger charge is -2.07. The van der Waals surface area contributed by atoms with Crippen molar-refractivity contribution in [3.63, 3.8) is 0 Å². The minimum absolute atomic E-state index is 0.164.